The van der Waals surface area contributed by atoms with Gasteiger partial charge in [-0.25, -0.2) is 9.18 Å². The number of carbonyl (C=O) groups is 1. The molecule has 5 heteroatoms. The van der Waals surface area contributed by atoms with Crippen molar-refractivity contribution in [2.45, 2.75) is 19.9 Å². The van der Waals surface area contributed by atoms with Gasteiger partial charge in [-0.15, -0.1) is 0 Å². The van der Waals surface area contributed by atoms with Crippen LogP contribution in [0.3, 0.4) is 0 Å². The zero-order valence-corrected chi connectivity index (χ0v) is 10.7. The van der Waals surface area contributed by atoms with Gasteiger partial charge in [0.05, 0.1) is 11.1 Å². The second kappa shape index (κ2) is 5.84. The summed E-state index contributed by atoms with van der Waals surface area (Å²) in [6, 6.07) is 4.08. The number of esters is 1. The fourth-order valence-corrected chi connectivity index (χ4v) is 1.41. The summed E-state index contributed by atoms with van der Waals surface area (Å²) >= 11 is 3.05. The highest BCUT2D eigenvalue weighted by molar-refractivity contribution is 9.10. The Kier molecular flexibility index (Phi) is 4.73. The Balaban J connectivity index is 2.66. The highest BCUT2D eigenvalue weighted by Crippen LogP contribution is 2.19. The molecule has 0 amide bonds. The third-order valence-electron chi connectivity index (χ3n) is 1.94. The molecule has 1 aromatic carbocycles. The maximum absolute atomic E-state index is 13.2. The third-order valence-corrected chi connectivity index (χ3v) is 2.59. The SMILES string of the molecule is CCOC(=O)C(C)Nc1ccc(Br)c(F)c1. The second-order valence-electron chi connectivity index (χ2n) is 3.25. The summed E-state index contributed by atoms with van der Waals surface area (Å²) < 4.78 is 18.4. The molecule has 88 valence electrons. The monoisotopic (exact) mass is 289 g/mol. The van der Waals surface area contributed by atoms with E-state index in [0.717, 1.165) is 0 Å². The minimum absolute atomic E-state index is 0.333. The molecule has 0 saturated carbocycles. The lowest BCUT2D eigenvalue weighted by molar-refractivity contribution is -0.143. The van der Waals surface area contributed by atoms with Gasteiger partial charge in [0.1, 0.15) is 11.9 Å². The van der Waals surface area contributed by atoms with Crippen molar-refractivity contribution >= 4 is 27.6 Å². The smallest absolute Gasteiger partial charge is 0.328 e. The fourth-order valence-electron chi connectivity index (χ4n) is 1.16. The zero-order valence-electron chi connectivity index (χ0n) is 9.09. The van der Waals surface area contributed by atoms with E-state index in [1.807, 2.05) is 0 Å². The van der Waals surface area contributed by atoms with E-state index in [0.29, 0.717) is 16.8 Å². The second-order valence-corrected chi connectivity index (χ2v) is 4.10. The Labute approximate surface area is 102 Å². The molecule has 0 bridgehead atoms. The van der Waals surface area contributed by atoms with Crippen LogP contribution < -0.4 is 5.32 Å². The summed E-state index contributed by atoms with van der Waals surface area (Å²) in [4.78, 5) is 11.3. The largest absolute Gasteiger partial charge is 0.464 e. The Hall–Kier alpha value is -1.10. The van der Waals surface area contributed by atoms with Crippen LogP contribution in [-0.4, -0.2) is 18.6 Å². The van der Waals surface area contributed by atoms with Crippen molar-refractivity contribution in [3.63, 3.8) is 0 Å². The number of halogens is 2. The first-order valence-electron chi connectivity index (χ1n) is 4.92. The highest BCUT2D eigenvalue weighted by atomic mass is 79.9. The van der Waals surface area contributed by atoms with Crippen molar-refractivity contribution in [1.29, 1.82) is 0 Å². The van der Waals surface area contributed by atoms with Gasteiger partial charge in [0.2, 0.25) is 0 Å². The first kappa shape index (κ1) is 13.0. The highest BCUT2D eigenvalue weighted by Gasteiger charge is 2.13. The van der Waals surface area contributed by atoms with E-state index in [1.54, 1.807) is 26.0 Å². The van der Waals surface area contributed by atoms with E-state index in [-0.39, 0.29) is 11.8 Å². The Morgan fingerprint density at radius 3 is 2.88 bits per heavy atom. The molecule has 1 unspecified atom stereocenters. The standard InChI is InChI=1S/C11H13BrFNO2/c1-3-16-11(15)7(2)14-8-4-5-9(12)10(13)6-8/h4-7,14H,3H2,1-2H3. The van der Waals surface area contributed by atoms with Gasteiger partial charge in [-0.05, 0) is 48.0 Å². The van der Waals surface area contributed by atoms with Crippen molar-refractivity contribution in [3.05, 3.63) is 28.5 Å². The Morgan fingerprint density at radius 2 is 2.31 bits per heavy atom. The van der Waals surface area contributed by atoms with E-state index < -0.39 is 6.04 Å². The van der Waals surface area contributed by atoms with Crippen LogP contribution in [-0.2, 0) is 9.53 Å². The molecule has 1 aromatic rings. The zero-order chi connectivity index (χ0) is 12.1. The molecule has 0 aliphatic heterocycles. The number of benzene rings is 1. The molecule has 16 heavy (non-hydrogen) atoms. The number of carbonyl (C=O) groups excluding carboxylic acids is 1. The number of ether oxygens (including phenoxy) is 1. The van der Waals surface area contributed by atoms with Crippen LogP contribution >= 0.6 is 15.9 Å². The molecule has 0 aromatic heterocycles. The number of hydrogen-bond donors (Lipinski definition) is 1. The van der Waals surface area contributed by atoms with Crippen LogP contribution in [0.4, 0.5) is 10.1 Å². The van der Waals surface area contributed by atoms with Crippen molar-refractivity contribution < 1.29 is 13.9 Å². The summed E-state index contributed by atoms with van der Waals surface area (Å²) in [6.07, 6.45) is 0. The quantitative estimate of drug-likeness (QED) is 0.866. The predicted octanol–water partition coefficient (Wildman–Crippen LogP) is 2.95. The van der Waals surface area contributed by atoms with Gasteiger partial charge >= 0.3 is 5.97 Å². The summed E-state index contributed by atoms with van der Waals surface area (Å²) in [5.74, 6) is -0.730. The lowest BCUT2D eigenvalue weighted by Gasteiger charge is -2.13. The van der Waals surface area contributed by atoms with Crippen molar-refractivity contribution in [2.75, 3.05) is 11.9 Å². The molecule has 1 atom stereocenters. The molecule has 1 N–H and O–H groups in total. The van der Waals surface area contributed by atoms with Gasteiger partial charge in [-0.3, -0.25) is 0 Å². The van der Waals surface area contributed by atoms with Gasteiger partial charge in [-0.1, -0.05) is 0 Å². The van der Waals surface area contributed by atoms with Gasteiger partial charge in [0.15, 0.2) is 0 Å². The van der Waals surface area contributed by atoms with Gasteiger partial charge < -0.3 is 10.1 Å². The first-order valence-corrected chi connectivity index (χ1v) is 5.72. The number of rotatable bonds is 4. The molecule has 0 heterocycles. The van der Waals surface area contributed by atoms with Crippen molar-refractivity contribution in [2.24, 2.45) is 0 Å². The van der Waals surface area contributed by atoms with Gasteiger partial charge in [0, 0.05) is 5.69 Å². The molecule has 0 fully saturated rings. The molecule has 0 spiro atoms. The van der Waals surface area contributed by atoms with Crippen molar-refractivity contribution in [3.8, 4) is 0 Å². The molecule has 0 aliphatic carbocycles. The van der Waals surface area contributed by atoms with E-state index in [9.17, 15) is 9.18 Å². The summed E-state index contributed by atoms with van der Waals surface area (Å²) in [7, 11) is 0. The molecule has 0 aliphatic rings. The van der Waals surface area contributed by atoms with E-state index in [4.69, 9.17) is 4.74 Å². The average Bonchev–Trinajstić information content (AvgIpc) is 2.24. The number of nitrogens with one attached hydrogen (secondary N) is 1. The lowest BCUT2D eigenvalue weighted by Crippen LogP contribution is -2.28. The van der Waals surface area contributed by atoms with E-state index in [1.165, 1.54) is 6.07 Å². The molecule has 0 saturated heterocycles. The Morgan fingerprint density at radius 1 is 1.62 bits per heavy atom. The lowest BCUT2D eigenvalue weighted by atomic mass is 10.2. The van der Waals surface area contributed by atoms with Crippen LogP contribution in [0.1, 0.15) is 13.8 Å². The minimum atomic E-state index is -0.500. The van der Waals surface area contributed by atoms with Crippen LogP contribution in [0, 0.1) is 5.82 Å². The molecule has 3 nitrogen and oxygen atoms in total. The van der Waals surface area contributed by atoms with E-state index >= 15 is 0 Å². The number of anilines is 1. The van der Waals surface area contributed by atoms with Crippen molar-refractivity contribution in [1.82, 2.24) is 0 Å². The van der Waals surface area contributed by atoms with Crippen LogP contribution in [0.25, 0.3) is 0 Å². The van der Waals surface area contributed by atoms with Gasteiger partial charge in [0.25, 0.3) is 0 Å². The van der Waals surface area contributed by atoms with Crippen LogP contribution in [0.5, 0.6) is 0 Å². The minimum Gasteiger partial charge on any atom is -0.464 e. The Bertz CT molecular complexity index is 384. The van der Waals surface area contributed by atoms with Gasteiger partial charge in [-0.2, -0.15) is 0 Å². The maximum Gasteiger partial charge on any atom is 0.328 e. The van der Waals surface area contributed by atoms with Crippen LogP contribution in [0.15, 0.2) is 22.7 Å². The fraction of sp³-hybridized carbons (Fsp3) is 0.364. The summed E-state index contributed by atoms with van der Waals surface area (Å²) in [6.45, 7) is 3.74. The molecular weight excluding hydrogens is 277 g/mol. The van der Waals surface area contributed by atoms with Crippen LogP contribution in [0.2, 0.25) is 0 Å². The maximum atomic E-state index is 13.2. The first-order chi connectivity index (χ1) is 7.54. The summed E-state index contributed by atoms with van der Waals surface area (Å²) in [5.41, 5.74) is 0.543. The molecular formula is C11H13BrFNO2. The van der Waals surface area contributed by atoms with E-state index in [2.05, 4.69) is 21.2 Å². The average molecular weight is 290 g/mol. The molecule has 1 rings (SSSR count). The normalized spacial score (nSPS) is 12.0. The summed E-state index contributed by atoms with van der Waals surface area (Å²) in [5, 5.41) is 2.86. The third kappa shape index (κ3) is 3.48. The molecule has 0 radical (unpaired) electrons. The predicted molar refractivity (Wildman–Crippen MR) is 63.8 cm³/mol. The number of hydrogen-bond acceptors (Lipinski definition) is 3. The topological polar surface area (TPSA) is 38.3 Å².